The fourth-order valence-corrected chi connectivity index (χ4v) is 4.76. The van der Waals surface area contributed by atoms with Gasteiger partial charge in [-0.25, -0.2) is 0 Å². The molecule has 0 amide bonds. The van der Waals surface area contributed by atoms with Crippen molar-refractivity contribution in [1.29, 1.82) is 0 Å². The van der Waals surface area contributed by atoms with Gasteiger partial charge in [0.1, 0.15) is 12.4 Å². The minimum absolute atomic E-state index is 0.0235. The van der Waals surface area contributed by atoms with Gasteiger partial charge in [-0.05, 0) is 54.8 Å². The highest BCUT2D eigenvalue weighted by molar-refractivity contribution is 7.99. The minimum Gasteiger partial charge on any atom is -0.489 e. The molecule has 0 aliphatic rings. The molecule has 0 bridgehead atoms. The maximum absolute atomic E-state index is 13.2. The monoisotopic (exact) mass is 447 g/mol. The first-order valence-electron chi connectivity index (χ1n) is 11.4. The second-order valence-corrected chi connectivity index (χ2v) is 9.25. The number of benzene rings is 3. The van der Waals surface area contributed by atoms with Crippen LogP contribution in [-0.2, 0) is 6.61 Å². The molecule has 0 saturated heterocycles. The van der Waals surface area contributed by atoms with Crippen molar-refractivity contribution in [2.45, 2.75) is 56.6 Å². The average molecular weight is 448 g/mol. The zero-order valence-electron chi connectivity index (χ0n) is 19.1. The normalized spacial score (nSPS) is 12.8. The summed E-state index contributed by atoms with van der Waals surface area (Å²) in [4.78, 5) is 14.2. The Kier molecular flexibility index (Phi) is 8.95. The lowest BCUT2D eigenvalue weighted by Gasteiger charge is -2.28. The van der Waals surface area contributed by atoms with Crippen LogP contribution in [-0.4, -0.2) is 17.1 Å². The Labute approximate surface area is 196 Å². The zero-order valence-corrected chi connectivity index (χ0v) is 19.9. The highest BCUT2D eigenvalue weighted by Gasteiger charge is 2.23. The molecule has 1 unspecified atom stereocenters. The largest absolute Gasteiger partial charge is 0.489 e. The van der Waals surface area contributed by atoms with Gasteiger partial charge in [-0.15, -0.1) is 11.8 Å². The van der Waals surface area contributed by atoms with Crippen LogP contribution in [0.3, 0.4) is 0 Å². The van der Waals surface area contributed by atoms with Crippen molar-refractivity contribution in [3.63, 3.8) is 0 Å². The summed E-state index contributed by atoms with van der Waals surface area (Å²) in [5, 5.41) is 0. The number of nitrogens with two attached hydrogens (primary N) is 1. The van der Waals surface area contributed by atoms with Gasteiger partial charge in [0.05, 0.1) is 0 Å². The van der Waals surface area contributed by atoms with Crippen LogP contribution in [0.4, 0.5) is 0 Å². The summed E-state index contributed by atoms with van der Waals surface area (Å²) in [5.74, 6) is 1.58. The molecule has 1 atom stereocenters. The molecule has 3 rings (SSSR count). The highest BCUT2D eigenvalue weighted by atomic mass is 32.2. The standard InChI is InChI=1S/C28H33NO2S/c1-3-5-19-28(29,4-2)21-32-26-14-10-9-13-25(26)27(30)23-15-17-24(18-16-23)31-20-22-11-7-6-8-12-22/h6-18H,3-5,19-21,29H2,1-2H3. The summed E-state index contributed by atoms with van der Waals surface area (Å²) in [6, 6.07) is 25.3. The summed E-state index contributed by atoms with van der Waals surface area (Å²) in [6.07, 6.45) is 4.21. The van der Waals surface area contributed by atoms with E-state index in [1.165, 1.54) is 0 Å². The molecule has 0 aromatic heterocycles. The van der Waals surface area contributed by atoms with Gasteiger partial charge in [0.2, 0.25) is 0 Å². The fraction of sp³-hybridized carbons (Fsp3) is 0.321. The lowest BCUT2D eigenvalue weighted by molar-refractivity contribution is 0.103. The van der Waals surface area contributed by atoms with Crippen molar-refractivity contribution in [3.8, 4) is 5.75 Å². The van der Waals surface area contributed by atoms with Crippen LogP contribution in [0.15, 0.2) is 83.8 Å². The van der Waals surface area contributed by atoms with E-state index in [-0.39, 0.29) is 11.3 Å². The number of rotatable bonds is 12. The molecule has 0 aliphatic carbocycles. The van der Waals surface area contributed by atoms with Gasteiger partial charge in [-0.1, -0.05) is 69.2 Å². The lowest BCUT2D eigenvalue weighted by Crippen LogP contribution is -2.41. The number of hydrogen-bond donors (Lipinski definition) is 1. The lowest BCUT2D eigenvalue weighted by atomic mass is 9.93. The predicted molar refractivity (Wildman–Crippen MR) is 135 cm³/mol. The van der Waals surface area contributed by atoms with E-state index in [9.17, 15) is 4.79 Å². The minimum atomic E-state index is -0.200. The van der Waals surface area contributed by atoms with Gasteiger partial charge in [-0.2, -0.15) is 0 Å². The van der Waals surface area contributed by atoms with Crippen LogP contribution in [0.25, 0.3) is 0 Å². The molecule has 0 spiro atoms. The molecule has 3 aromatic rings. The van der Waals surface area contributed by atoms with Crippen molar-refractivity contribution in [2.75, 3.05) is 5.75 Å². The topological polar surface area (TPSA) is 52.3 Å². The van der Waals surface area contributed by atoms with Crippen molar-refractivity contribution in [2.24, 2.45) is 5.73 Å². The Bertz CT molecular complexity index is 988. The molecular weight excluding hydrogens is 414 g/mol. The average Bonchev–Trinajstić information content (AvgIpc) is 2.86. The number of thioether (sulfide) groups is 1. The predicted octanol–water partition coefficient (Wildman–Crippen LogP) is 6.89. The van der Waals surface area contributed by atoms with Crippen molar-refractivity contribution in [3.05, 3.63) is 95.6 Å². The first kappa shape index (κ1) is 24.1. The Morgan fingerprint density at radius 2 is 1.62 bits per heavy atom. The number of hydrogen-bond acceptors (Lipinski definition) is 4. The number of ketones is 1. The molecule has 168 valence electrons. The maximum atomic E-state index is 13.2. The molecule has 0 fully saturated rings. The molecule has 0 saturated carbocycles. The molecule has 2 N–H and O–H groups in total. The van der Waals surface area contributed by atoms with E-state index in [2.05, 4.69) is 13.8 Å². The van der Waals surface area contributed by atoms with Gasteiger partial charge >= 0.3 is 0 Å². The van der Waals surface area contributed by atoms with E-state index in [1.54, 1.807) is 11.8 Å². The zero-order chi connectivity index (χ0) is 22.8. The van der Waals surface area contributed by atoms with Crippen LogP contribution in [0.1, 0.15) is 61.0 Å². The van der Waals surface area contributed by atoms with Gasteiger partial charge in [0.15, 0.2) is 5.78 Å². The summed E-state index contributed by atoms with van der Waals surface area (Å²) < 4.78 is 5.85. The summed E-state index contributed by atoms with van der Waals surface area (Å²) in [5.41, 5.74) is 8.93. The second kappa shape index (κ2) is 11.9. The van der Waals surface area contributed by atoms with Crippen LogP contribution >= 0.6 is 11.8 Å². The number of carbonyl (C=O) groups excluding carboxylic acids is 1. The van der Waals surface area contributed by atoms with E-state index >= 15 is 0 Å². The first-order valence-corrected chi connectivity index (χ1v) is 12.4. The summed E-state index contributed by atoms with van der Waals surface area (Å²) >= 11 is 1.69. The van der Waals surface area contributed by atoms with Gasteiger partial charge < -0.3 is 10.5 Å². The molecule has 0 aliphatic heterocycles. The molecule has 0 heterocycles. The van der Waals surface area contributed by atoms with E-state index in [0.717, 1.165) is 53.2 Å². The second-order valence-electron chi connectivity index (χ2n) is 8.23. The third-order valence-electron chi connectivity index (χ3n) is 5.74. The van der Waals surface area contributed by atoms with Crippen LogP contribution in [0.2, 0.25) is 0 Å². The van der Waals surface area contributed by atoms with Crippen molar-refractivity contribution >= 4 is 17.5 Å². The smallest absolute Gasteiger partial charge is 0.194 e. The van der Waals surface area contributed by atoms with Gasteiger partial charge in [-0.3, -0.25) is 4.79 Å². The SMILES string of the molecule is CCCCC(N)(CC)CSc1ccccc1C(=O)c1ccc(OCc2ccccc2)cc1. The van der Waals surface area contributed by atoms with Crippen molar-refractivity contribution < 1.29 is 9.53 Å². The van der Waals surface area contributed by atoms with E-state index in [4.69, 9.17) is 10.5 Å². The van der Waals surface area contributed by atoms with E-state index in [1.807, 2.05) is 78.9 Å². The molecule has 3 aromatic carbocycles. The third-order valence-corrected chi connectivity index (χ3v) is 7.13. The summed E-state index contributed by atoms with van der Waals surface area (Å²) in [7, 11) is 0. The Morgan fingerprint density at radius 3 is 2.31 bits per heavy atom. The number of carbonyl (C=O) groups is 1. The van der Waals surface area contributed by atoms with Crippen LogP contribution in [0.5, 0.6) is 5.75 Å². The number of unbranched alkanes of at least 4 members (excludes halogenated alkanes) is 1. The first-order chi connectivity index (χ1) is 15.5. The van der Waals surface area contributed by atoms with E-state index in [0.29, 0.717) is 12.2 Å². The molecule has 0 radical (unpaired) electrons. The van der Waals surface area contributed by atoms with Crippen LogP contribution < -0.4 is 10.5 Å². The molecule has 3 nitrogen and oxygen atoms in total. The number of ether oxygens (including phenoxy) is 1. The maximum Gasteiger partial charge on any atom is 0.194 e. The fourth-order valence-electron chi connectivity index (χ4n) is 3.48. The Morgan fingerprint density at radius 1 is 0.938 bits per heavy atom. The summed E-state index contributed by atoms with van der Waals surface area (Å²) in [6.45, 7) is 4.84. The van der Waals surface area contributed by atoms with Gasteiger partial charge in [0, 0.05) is 27.3 Å². The third kappa shape index (κ3) is 6.72. The van der Waals surface area contributed by atoms with Crippen molar-refractivity contribution in [1.82, 2.24) is 0 Å². The van der Waals surface area contributed by atoms with Gasteiger partial charge in [0.25, 0.3) is 0 Å². The molecular formula is C28H33NO2S. The Balaban J connectivity index is 1.67. The molecule has 32 heavy (non-hydrogen) atoms. The quantitative estimate of drug-likeness (QED) is 0.243. The van der Waals surface area contributed by atoms with Crippen LogP contribution in [0, 0.1) is 0 Å². The Hall–Kier alpha value is -2.56. The highest BCUT2D eigenvalue weighted by Crippen LogP contribution is 2.30. The van der Waals surface area contributed by atoms with E-state index < -0.39 is 0 Å². The molecule has 4 heteroatoms.